The number of benzene rings is 2. The molecule has 0 saturated carbocycles. The molecule has 0 amide bonds. The van der Waals surface area contributed by atoms with Crippen molar-refractivity contribution < 1.29 is 12.8 Å². The third-order valence-electron chi connectivity index (χ3n) is 5.54. The first kappa shape index (κ1) is 23.5. The molecule has 4 rings (SSSR count). The van der Waals surface area contributed by atoms with E-state index < -0.39 is 10.0 Å². The summed E-state index contributed by atoms with van der Waals surface area (Å²) in [6.45, 7) is 4.87. The molecule has 2 aromatic carbocycles. The molecule has 0 unspecified atom stereocenters. The van der Waals surface area contributed by atoms with Crippen molar-refractivity contribution >= 4 is 43.8 Å². The highest BCUT2D eigenvalue weighted by molar-refractivity contribution is 7.98. The van der Waals surface area contributed by atoms with Gasteiger partial charge in [-0.15, -0.1) is 0 Å². The van der Waals surface area contributed by atoms with Gasteiger partial charge in [0.05, 0.1) is 15.9 Å². The molecule has 0 radical (unpaired) electrons. The number of thioether (sulfide) groups is 1. The van der Waals surface area contributed by atoms with Crippen molar-refractivity contribution in [3.8, 4) is 0 Å². The van der Waals surface area contributed by atoms with Gasteiger partial charge in [0, 0.05) is 37.8 Å². The van der Waals surface area contributed by atoms with Gasteiger partial charge in [0.2, 0.25) is 10.0 Å². The SMILES string of the molecule is CCCCn1c(SCc2cc(=O)oc3cc(C)ccc23)nc2cc(S(=O)(=O)N(C)C)ccc21. The smallest absolute Gasteiger partial charge is 0.336 e. The Morgan fingerprint density at radius 1 is 1.12 bits per heavy atom. The number of aryl methyl sites for hydroxylation is 2. The fourth-order valence-electron chi connectivity index (χ4n) is 3.70. The lowest BCUT2D eigenvalue weighted by Crippen LogP contribution is -2.22. The number of imidazole rings is 1. The molecule has 0 aliphatic carbocycles. The summed E-state index contributed by atoms with van der Waals surface area (Å²) in [6.07, 6.45) is 2.01. The molecule has 7 nitrogen and oxygen atoms in total. The summed E-state index contributed by atoms with van der Waals surface area (Å²) in [6, 6.07) is 12.5. The minimum Gasteiger partial charge on any atom is -0.423 e. The monoisotopic (exact) mass is 485 g/mol. The van der Waals surface area contributed by atoms with Gasteiger partial charge in [-0.25, -0.2) is 22.5 Å². The Balaban J connectivity index is 1.74. The van der Waals surface area contributed by atoms with Crippen LogP contribution in [0.1, 0.15) is 30.9 Å². The van der Waals surface area contributed by atoms with E-state index in [9.17, 15) is 13.2 Å². The normalized spacial score (nSPS) is 12.3. The van der Waals surface area contributed by atoms with Crippen LogP contribution >= 0.6 is 11.8 Å². The first-order chi connectivity index (χ1) is 15.7. The maximum atomic E-state index is 12.6. The Morgan fingerprint density at radius 3 is 2.64 bits per heavy atom. The van der Waals surface area contributed by atoms with Crippen LogP contribution in [0.3, 0.4) is 0 Å². The Bertz CT molecular complexity index is 1490. The van der Waals surface area contributed by atoms with Crippen molar-refractivity contribution in [1.82, 2.24) is 13.9 Å². The van der Waals surface area contributed by atoms with Gasteiger partial charge in [-0.3, -0.25) is 0 Å². The van der Waals surface area contributed by atoms with Gasteiger partial charge in [0.1, 0.15) is 5.58 Å². The van der Waals surface area contributed by atoms with Crippen LogP contribution in [-0.2, 0) is 22.3 Å². The molecule has 0 aliphatic rings. The van der Waals surface area contributed by atoms with E-state index in [0.717, 1.165) is 46.6 Å². The zero-order valence-electron chi connectivity index (χ0n) is 19.2. The van der Waals surface area contributed by atoms with Crippen molar-refractivity contribution in [3.63, 3.8) is 0 Å². The lowest BCUT2D eigenvalue weighted by atomic mass is 10.1. The maximum Gasteiger partial charge on any atom is 0.336 e. The molecule has 2 aromatic heterocycles. The van der Waals surface area contributed by atoms with Gasteiger partial charge in [-0.2, -0.15) is 0 Å². The van der Waals surface area contributed by atoms with Crippen molar-refractivity contribution in [2.75, 3.05) is 14.1 Å². The molecular formula is C24H27N3O4S2. The standard InChI is InChI=1S/C24H27N3O4S2/c1-5-6-11-27-21-10-8-18(33(29,30)26(3)4)14-20(21)25-24(27)32-15-17-13-23(28)31-22-12-16(2)7-9-19(17)22/h7-10,12-14H,5-6,11,15H2,1-4H3. The molecule has 4 aromatic rings. The van der Waals surface area contributed by atoms with Crippen LogP contribution in [0.4, 0.5) is 0 Å². The second-order valence-corrected chi connectivity index (χ2v) is 11.3. The fourth-order valence-corrected chi connectivity index (χ4v) is 5.65. The van der Waals surface area contributed by atoms with E-state index in [1.807, 2.05) is 31.2 Å². The second kappa shape index (κ2) is 9.32. The third-order valence-corrected chi connectivity index (χ3v) is 8.38. The van der Waals surface area contributed by atoms with E-state index in [0.29, 0.717) is 16.9 Å². The molecule has 0 fully saturated rings. The number of nitrogens with zero attached hydrogens (tertiary/aromatic N) is 3. The van der Waals surface area contributed by atoms with Crippen LogP contribution < -0.4 is 5.63 Å². The minimum absolute atomic E-state index is 0.221. The summed E-state index contributed by atoms with van der Waals surface area (Å²) in [4.78, 5) is 17.1. The third kappa shape index (κ3) is 4.71. The lowest BCUT2D eigenvalue weighted by Gasteiger charge is -2.11. The molecule has 0 bridgehead atoms. The summed E-state index contributed by atoms with van der Waals surface area (Å²) >= 11 is 1.54. The molecule has 2 heterocycles. The summed E-state index contributed by atoms with van der Waals surface area (Å²) in [5.74, 6) is 0.545. The lowest BCUT2D eigenvalue weighted by molar-refractivity contribution is 0.521. The van der Waals surface area contributed by atoms with E-state index >= 15 is 0 Å². The highest BCUT2D eigenvalue weighted by atomic mass is 32.2. The second-order valence-electron chi connectivity index (χ2n) is 8.22. The predicted molar refractivity (Wildman–Crippen MR) is 132 cm³/mol. The number of fused-ring (bicyclic) bond motifs is 2. The van der Waals surface area contributed by atoms with Gasteiger partial charge in [0.25, 0.3) is 0 Å². The number of unbranched alkanes of at least 4 members (excludes halogenated alkanes) is 1. The van der Waals surface area contributed by atoms with Crippen molar-refractivity contribution in [2.24, 2.45) is 0 Å². The maximum absolute atomic E-state index is 12.6. The molecule has 0 aliphatic heterocycles. The van der Waals surface area contributed by atoms with Gasteiger partial charge in [-0.05, 0) is 48.7 Å². The zero-order valence-corrected chi connectivity index (χ0v) is 20.8. The number of hydrogen-bond donors (Lipinski definition) is 0. The first-order valence-electron chi connectivity index (χ1n) is 10.8. The van der Waals surface area contributed by atoms with E-state index in [2.05, 4.69) is 11.5 Å². The Kier molecular flexibility index (Phi) is 6.65. The molecule has 9 heteroatoms. The average molecular weight is 486 g/mol. The van der Waals surface area contributed by atoms with Gasteiger partial charge < -0.3 is 8.98 Å². The minimum atomic E-state index is -3.54. The van der Waals surface area contributed by atoms with E-state index in [1.54, 1.807) is 12.1 Å². The summed E-state index contributed by atoms with van der Waals surface area (Å²) in [7, 11) is -0.511. The van der Waals surface area contributed by atoms with Gasteiger partial charge >= 0.3 is 5.63 Å². The molecule has 0 spiro atoms. The van der Waals surface area contributed by atoms with Gasteiger partial charge in [-0.1, -0.05) is 37.2 Å². The van der Waals surface area contributed by atoms with Gasteiger partial charge in [0.15, 0.2) is 5.16 Å². The van der Waals surface area contributed by atoms with E-state index in [4.69, 9.17) is 9.40 Å². The number of rotatable bonds is 8. The highest BCUT2D eigenvalue weighted by Crippen LogP contribution is 2.31. The summed E-state index contributed by atoms with van der Waals surface area (Å²) in [5, 5.41) is 1.70. The van der Waals surface area contributed by atoms with E-state index in [1.165, 1.54) is 36.2 Å². The van der Waals surface area contributed by atoms with Crippen molar-refractivity contribution in [3.05, 3.63) is 64.0 Å². The quantitative estimate of drug-likeness (QED) is 0.263. The summed E-state index contributed by atoms with van der Waals surface area (Å²) in [5.41, 5.74) is 3.66. The molecule has 0 N–H and O–H groups in total. The average Bonchev–Trinajstić information content (AvgIpc) is 3.11. The Labute approximate surface area is 197 Å². The first-order valence-corrected chi connectivity index (χ1v) is 13.2. The van der Waals surface area contributed by atoms with Crippen molar-refractivity contribution in [2.45, 2.75) is 49.0 Å². The Hall–Kier alpha value is -2.62. The topological polar surface area (TPSA) is 85.4 Å². The number of sulfonamides is 1. The largest absolute Gasteiger partial charge is 0.423 e. The van der Waals surface area contributed by atoms with Crippen LogP contribution in [-0.4, -0.2) is 36.4 Å². The fraction of sp³-hybridized carbons (Fsp3) is 0.333. The van der Waals surface area contributed by atoms with Crippen molar-refractivity contribution in [1.29, 1.82) is 0 Å². The molecule has 174 valence electrons. The Morgan fingerprint density at radius 2 is 1.91 bits per heavy atom. The van der Waals surface area contributed by atoms with Crippen LogP contribution in [0.25, 0.3) is 22.0 Å². The van der Waals surface area contributed by atoms with Crippen LogP contribution in [0.15, 0.2) is 61.7 Å². The molecule has 0 saturated heterocycles. The molecular weight excluding hydrogens is 458 g/mol. The van der Waals surface area contributed by atoms with Crippen LogP contribution in [0, 0.1) is 6.92 Å². The summed E-state index contributed by atoms with van der Waals surface area (Å²) < 4.78 is 33.9. The zero-order chi connectivity index (χ0) is 23.8. The number of aromatic nitrogens is 2. The van der Waals surface area contributed by atoms with Crippen LogP contribution in [0.5, 0.6) is 0 Å². The van der Waals surface area contributed by atoms with Crippen LogP contribution in [0.2, 0.25) is 0 Å². The van der Waals surface area contributed by atoms with E-state index in [-0.39, 0.29) is 10.5 Å². The molecule has 33 heavy (non-hydrogen) atoms. The predicted octanol–water partition coefficient (Wildman–Crippen LogP) is 4.79. The molecule has 0 atom stereocenters. The number of hydrogen-bond acceptors (Lipinski definition) is 6. The highest BCUT2D eigenvalue weighted by Gasteiger charge is 2.20.